The van der Waals surface area contributed by atoms with Gasteiger partial charge in [0.1, 0.15) is 11.2 Å². The molecule has 0 saturated carbocycles. The van der Waals surface area contributed by atoms with Gasteiger partial charge >= 0.3 is 0 Å². The summed E-state index contributed by atoms with van der Waals surface area (Å²) in [7, 11) is 0. The van der Waals surface area contributed by atoms with E-state index in [0.29, 0.717) is 0 Å². The van der Waals surface area contributed by atoms with Gasteiger partial charge in [-0.2, -0.15) is 0 Å². The molecule has 0 aliphatic carbocycles. The Kier molecular flexibility index (Phi) is 7.85. The van der Waals surface area contributed by atoms with Crippen LogP contribution in [0.5, 0.6) is 0 Å². The number of hydrogen-bond acceptors (Lipinski definition) is 2. The highest BCUT2D eigenvalue weighted by atomic mass is 16.3. The van der Waals surface area contributed by atoms with Crippen molar-refractivity contribution < 1.29 is 4.42 Å². The largest absolute Gasteiger partial charge is 0.456 e. The molecule has 254 valence electrons. The van der Waals surface area contributed by atoms with Crippen LogP contribution in [-0.2, 0) is 0 Å². The average molecular weight is 690 g/mol. The standard InChI is InChI=1S/C52H35NO/c1-3-17-36(18-4-1)40-23-9-10-27-46(40)52-42(38-19-5-2-6-20-38)28-16-29-47(52)43-25-11-13-30-49(43)53(48-31-15-22-37-21-7-8-24-41(37)48)39-33-34-45-44-26-12-14-32-50(44)54-51(45)35-39/h1-35H. The third-order valence-corrected chi connectivity index (χ3v) is 10.5. The lowest BCUT2D eigenvalue weighted by molar-refractivity contribution is 0.669. The normalized spacial score (nSPS) is 11.3. The second-order valence-electron chi connectivity index (χ2n) is 13.6. The molecule has 0 saturated heterocycles. The Bertz CT molecular complexity index is 2940. The summed E-state index contributed by atoms with van der Waals surface area (Å²) in [6.45, 7) is 0. The zero-order valence-electron chi connectivity index (χ0n) is 29.6. The quantitative estimate of drug-likeness (QED) is 0.166. The van der Waals surface area contributed by atoms with Gasteiger partial charge in [-0.1, -0.05) is 176 Å². The van der Waals surface area contributed by atoms with E-state index >= 15 is 0 Å². The molecule has 0 atom stereocenters. The molecule has 1 aromatic heterocycles. The fraction of sp³-hybridized carbons (Fsp3) is 0. The molecule has 0 amide bonds. The first kappa shape index (κ1) is 31.6. The fourth-order valence-electron chi connectivity index (χ4n) is 8.06. The predicted octanol–water partition coefficient (Wildman–Crippen LogP) is 14.9. The molecule has 0 unspecified atom stereocenters. The molecule has 10 aromatic rings. The molecule has 0 radical (unpaired) electrons. The van der Waals surface area contributed by atoms with E-state index in [9.17, 15) is 0 Å². The minimum Gasteiger partial charge on any atom is -0.456 e. The first-order valence-corrected chi connectivity index (χ1v) is 18.4. The van der Waals surface area contributed by atoms with Gasteiger partial charge in [0.15, 0.2) is 0 Å². The molecule has 1 heterocycles. The van der Waals surface area contributed by atoms with E-state index in [-0.39, 0.29) is 0 Å². The van der Waals surface area contributed by atoms with Crippen LogP contribution < -0.4 is 4.90 Å². The highest BCUT2D eigenvalue weighted by molar-refractivity contribution is 6.08. The van der Waals surface area contributed by atoms with Gasteiger partial charge < -0.3 is 9.32 Å². The molecule has 0 aliphatic rings. The van der Waals surface area contributed by atoms with Gasteiger partial charge in [0.2, 0.25) is 0 Å². The number of benzene rings is 9. The van der Waals surface area contributed by atoms with E-state index in [1.165, 1.54) is 44.2 Å². The maximum Gasteiger partial charge on any atom is 0.137 e. The fourth-order valence-corrected chi connectivity index (χ4v) is 8.06. The van der Waals surface area contributed by atoms with Gasteiger partial charge in [0, 0.05) is 33.5 Å². The summed E-state index contributed by atoms with van der Waals surface area (Å²) in [4.78, 5) is 2.41. The Morgan fingerprint density at radius 2 is 0.852 bits per heavy atom. The predicted molar refractivity (Wildman–Crippen MR) is 228 cm³/mol. The van der Waals surface area contributed by atoms with Crippen molar-refractivity contribution >= 4 is 49.8 Å². The van der Waals surface area contributed by atoms with E-state index in [2.05, 4.69) is 205 Å². The third kappa shape index (κ3) is 5.44. The van der Waals surface area contributed by atoms with Crippen LogP contribution in [0.25, 0.3) is 77.2 Å². The molecule has 0 N–H and O–H groups in total. The van der Waals surface area contributed by atoms with Crippen molar-refractivity contribution in [2.24, 2.45) is 0 Å². The van der Waals surface area contributed by atoms with Crippen molar-refractivity contribution in [3.63, 3.8) is 0 Å². The number of furan rings is 1. The third-order valence-electron chi connectivity index (χ3n) is 10.5. The number of hydrogen-bond donors (Lipinski definition) is 0. The minimum atomic E-state index is 0.861. The van der Waals surface area contributed by atoms with Crippen LogP contribution in [0.4, 0.5) is 17.1 Å². The number of fused-ring (bicyclic) bond motifs is 4. The molecule has 10 rings (SSSR count). The Balaban J connectivity index is 1.27. The molecule has 2 heteroatoms. The Morgan fingerprint density at radius 3 is 1.67 bits per heavy atom. The maximum atomic E-state index is 6.49. The molecule has 2 nitrogen and oxygen atoms in total. The first-order chi connectivity index (χ1) is 26.8. The van der Waals surface area contributed by atoms with Crippen molar-refractivity contribution in [1.82, 2.24) is 0 Å². The van der Waals surface area contributed by atoms with Crippen molar-refractivity contribution in [3.05, 3.63) is 212 Å². The number of rotatable bonds is 7. The van der Waals surface area contributed by atoms with Crippen LogP contribution in [-0.4, -0.2) is 0 Å². The summed E-state index contributed by atoms with van der Waals surface area (Å²) in [5.41, 5.74) is 14.4. The van der Waals surface area contributed by atoms with E-state index in [0.717, 1.165) is 50.1 Å². The molecular weight excluding hydrogens is 655 g/mol. The van der Waals surface area contributed by atoms with Gasteiger partial charge in [-0.05, 0) is 74.7 Å². The topological polar surface area (TPSA) is 16.4 Å². The van der Waals surface area contributed by atoms with Crippen molar-refractivity contribution in [3.8, 4) is 44.5 Å². The Hall–Kier alpha value is -7.16. The molecule has 54 heavy (non-hydrogen) atoms. The van der Waals surface area contributed by atoms with Gasteiger partial charge in [-0.15, -0.1) is 0 Å². The average Bonchev–Trinajstić information content (AvgIpc) is 3.62. The van der Waals surface area contributed by atoms with Crippen LogP contribution in [0, 0.1) is 0 Å². The van der Waals surface area contributed by atoms with Crippen LogP contribution >= 0.6 is 0 Å². The van der Waals surface area contributed by atoms with E-state index in [1.807, 2.05) is 12.1 Å². The summed E-state index contributed by atoms with van der Waals surface area (Å²) in [6.07, 6.45) is 0. The zero-order valence-corrected chi connectivity index (χ0v) is 29.6. The number of nitrogens with zero attached hydrogens (tertiary/aromatic N) is 1. The zero-order chi connectivity index (χ0) is 35.8. The van der Waals surface area contributed by atoms with Gasteiger partial charge in [-0.25, -0.2) is 0 Å². The molecule has 0 fully saturated rings. The lowest BCUT2D eigenvalue weighted by atomic mass is 9.84. The summed E-state index contributed by atoms with van der Waals surface area (Å²) in [5.74, 6) is 0. The Morgan fingerprint density at radius 1 is 0.315 bits per heavy atom. The summed E-state index contributed by atoms with van der Waals surface area (Å²) in [6, 6.07) is 76.0. The van der Waals surface area contributed by atoms with Gasteiger partial charge in [0.25, 0.3) is 0 Å². The van der Waals surface area contributed by atoms with E-state index < -0.39 is 0 Å². The minimum absolute atomic E-state index is 0.861. The smallest absolute Gasteiger partial charge is 0.137 e. The lowest BCUT2D eigenvalue weighted by Crippen LogP contribution is -2.12. The molecule has 0 bridgehead atoms. The summed E-state index contributed by atoms with van der Waals surface area (Å²) >= 11 is 0. The second kappa shape index (κ2) is 13.4. The number of para-hydroxylation sites is 2. The van der Waals surface area contributed by atoms with Crippen LogP contribution in [0.1, 0.15) is 0 Å². The SMILES string of the molecule is c1ccc(-c2ccccc2-c2c(-c3ccccc3)cccc2-c2ccccc2N(c2ccc3c(c2)oc2ccccc23)c2cccc3ccccc23)cc1. The lowest BCUT2D eigenvalue weighted by Gasteiger charge is -2.30. The van der Waals surface area contributed by atoms with Crippen LogP contribution in [0.2, 0.25) is 0 Å². The van der Waals surface area contributed by atoms with Crippen molar-refractivity contribution in [2.75, 3.05) is 4.90 Å². The van der Waals surface area contributed by atoms with Gasteiger partial charge in [0.05, 0.1) is 11.4 Å². The van der Waals surface area contributed by atoms with E-state index in [4.69, 9.17) is 4.42 Å². The van der Waals surface area contributed by atoms with Gasteiger partial charge in [-0.3, -0.25) is 0 Å². The summed E-state index contributed by atoms with van der Waals surface area (Å²) < 4.78 is 6.49. The van der Waals surface area contributed by atoms with E-state index in [1.54, 1.807) is 0 Å². The maximum absolute atomic E-state index is 6.49. The number of anilines is 3. The summed E-state index contributed by atoms with van der Waals surface area (Å²) in [5, 5.41) is 4.59. The highest BCUT2D eigenvalue weighted by Gasteiger charge is 2.24. The van der Waals surface area contributed by atoms with Crippen LogP contribution in [0.3, 0.4) is 0 Å². The second-order valence-corrected chi connectivity index (χ2v) is 13.6. The molecule has 0 spiro atoms. The van der Waals surface area contributed by atoms with Crippen molar-refractivity contribution in [1.29, 1.82) is 0 Å². The first-order valence-electron chi connectivity index (χ1n) is 18.4. The van der Waals surface area contributed by atoms with Crippen LogP contribution in [0.15, 0.2) is 217 Å². The van der Waals surface area contributed by atoms with Crippen molar-refractivity contribution in [2.45, 2.75) is 0 Å². The Labute approximate surface area is 314 Å². The molecule has 0 aliphatic heterocycles. The molecular formula is C52H35NO. The molecule has 9 aromatic carbocycles. The monoisotopic (exact) mass is 689 g/mol. The highest BCUT2D eigenvalue weighted by Crippen LogP contribution is 2.49.